The van der Waals surface area contributed by atoms with Crippen molar-refractivity contribution in [2.75, 3.05) is 38.3 Å². The number of tetrazole rings is 1. The van der Waals surface area contributed by atoms with E-state index in [0.29, 0.717) is 32.0 Å². The van der Waals surface area contributed by atoms with E-state index in [4.69, 9.17) is 9.47 Å². The summed E-state index contributed by atoms with van der Waals surface area (Å²) in [5.41, 5.74) is 1.93. The quantitative estimate of drug-likeness (QED) is 0.562. The molecule has 0 radical (unpaired) electrons. The van der Waals surface area contributed by atoms with Gasteiger partial charge in [0.15, 0.2) is 0 Å². The summed E-state index contributed by atoms with van der Waals surface area (Å²) in [4.78, 5) is 19.9. The number of nitrogens with one attached hydrogen (secondary N) is 1. The highest BCUT2D eigenvalue weighted by atomic mass is 16.5. The van der Waals surface area contributed by atoms with Crippen LogP contribution in [0.25, 0.3) is 0 Å². The molecule has 0 spiro atoms. The van der Waals surface area contributed by atoms with E-state index in [1.807, 2.05) is 36.4 Å². The van der Waals surface area contributed by atoms with Gasteiger partial charge >= 0.3 is 0 Å². The Morgan fingerprint density at radius 2 is 2.06 bits per heavy atom. The summed E-state index contributed by atoms with van der Waals surface area (Å²) in [7, 11) is 1.62. The molecule has 3 heterocycles. The van der Waals surface area contributed by atoms with Crippen LogP contribution in [0, 0.1) is 6.92 Å². The van der Waals surface area contributed by atoms with Gasteiger partial charge in [-0.2, -0.15) is 0 Å². The predicted molar refractivity (Wildman–Crippen MR) is 117 cm³/mol. The maximum absolute atomic E-state index is 13.2. The Morgan fingerprint density at radius 3 is 2.81 bits per heavy atom. The molecule has 1 N–H and O–H groups in total. The summed E-state index contributed by atoms with van der Waals surface area (Å²) in [6.45, 7) is 5.17. The number of carbonyl (C=O) groups excluding carboxylic acids is 1. The summed E-state index contributed by atoms with van der Waals surface area (Å²) in [6, 6.07) is 11.0. The number of hydrogen-bond donors (Lipinski definition) is 1. The molecule has 32 heavy (non-hydrogen) atoms. The van der Waals surface area contributed by atoms with Crippen molar-refractivity contribution in [2.45, 2.75) is 25.9 Å². The number of methoxy groups -OCH3 is 1. The van der Waals surface area contributed by atoms with Crippen molar-refractivity contribution in [3.63, 3.8) is 0 Å². The Hall–Kier alpha value is -3.53. The fourth-order valence-electron chi connectivity index (χ4n) is 3.68. The van der Waals surface area contributed by atoms with Gasteiger partial charge in [-0.05, 0) is 52.7 Å². The molecular weight excluding hydrogens is 410 g/mol. The summed E-state index contributed by atoms with van der Waals surface area (Å²) in [5, 5.41) is 14.7. The maximum atomic E-state index is 13.2. The molecule has 1 saturated heterocycles. The fourth-order valence-corrected chi connectivity index (χ4v) is 3.68. The second-order valence-corrected chi connectivity index (χ2v) is 7.58. The lowest BCUT2D eigenvalue weighted by molar-refractivity contribution is -0.124. The molecular formula is C22H27N7O3. The van der Waals surface area contributed by atoms with Gasteiger partial charge in [0.25, 0.3) is 0 Å². The van der Waals surface area contributed by atoms with Gasteiger partial charge in [-0.1, -0.05) is 12.1 Å². The highest BCUT2D eigenvalue weighted by Gasteiger charge is 2.24. The highest BCUT2D eigenvalue weighted by Crippen LogP contribution is 2.20. The number of carbonyl (C=O) groups is 1. The number of hydrogen-bond acceptors (Lipinski definition) is 8. The lowest BCUT2D eigenvalue weighted by Gasteiger charge is -2.28. The SMILES string of the molecule is COc1cccc(CC(C(=O)NCc2ccnc(N3CCOCC3)c2)n2nnnc2C)c1. The molecule has 1 aliphatic rings. The molecule has 3 aromatic rings. The molecule has 10 heteroatoms. The predicted octanol–water partition coefficient (Wildman–Crippen LogP) is 1.32. The lowest BCUT2D eigenvalue weighted by Crippen LogP contribution is -2.37. The van der Waals surface area contributed by atoms with Crippen LogP contribution in [0.15, 0.2) is 42.6 Å². The van der Waals surface area contributed by atoms with Gasteiger partial charge in [0, 0.05) is 32.3 Å². The molecule has 1 unspecified atom stereocenters. The van der Waals surface area contributed by atoms with Crippen molar-refractivity contribution >= 4 is 11.7 Å². The first-order valence-electron chi connectivity index (χ1n) is 10.6. The van der Waals surface area contributed by atoms with Crippen molar-refractivity contribution in [1.29, 1.82) is 0 Å². The first kappa shape index (κ1) is 21.7. The molecule has 1 aromatic carbocycles. The number of rotatable bonds is 8. The normalized spacial score (nSPS) is 14.8. The maximum Gasteiger partial charge on any atom is 0.245 e. The van der Waals surface area contributed by atoms with Crippen LogP contribution in [-0.2, 0) is 22.5 Å². The minimum Gasteiger partial charge on any atom is -0.497 e. The number of nitrogens with zero attached hydrogens (tertiary/aromatic N) is 6. The van der Waals surface area contributed by atoms with Crippen molar-refractivity contribution in [3.05, 3.63) is 59.5 Å². The molecule has 2 aromatic heterocycles. The number of benzene rings is 1. The highest BCUT2D eigenvalue weighted by molar-refractivity contribution is 5.80. The molecule has 10 nitrogen and oxygen atoms in total. The van der Waals surface area contributed by atoms with Crippen molar-refractivity contribution in [2.24, 2.45) is 0 Å². The number of morpholine rings is 1. The number of ether oxygens (including phenoxy) is 2. The summed E-state index contributed by atoms with van der Waals surface area (Å²) in [6.07, 6.45) is 2.20. The van der Waals surface area contributed by atoms with Crippen molar-refractivity contribution in [3.8, 4) is 5.75 Å². The van der Waals surface area contributed by atoms with E-state index >= 15 is 0 Å². The minimum atomic E-state index is -0.586. The van der Waals surface area contributed by atoms with Crippen LogP contribution in [0.5, 0.6) is 5.75 Å². The van der Waals surface area contributed by atoms with Crippen LogP contribution in [0.4, 0.5) is 5.82 Å². The van der Waals surface area contributed by atoms with Crippen LogP contribution < -0.4 is 15.0 Å². The third-order valence-electron chi connectivity index (χ3n) is 5.43. The van der Waals surface area contributed by atoms with Crippen LogP contribution in [0.1, 0.15) is 23.0 Å². The number of aryl methyl sites for hydroxylation is 1. The van der Waals surface area contributed by atoms with E-state index in [-0.39, 0.29) is 5.91 Å². The van der Waals surface area contributed by atoms with Crippen LogP contribution >= 0.6 is 0 Å². The molecule has 1 atom stereocenters. The monoisotopic (exact) mass is 437 g/mol. The van der Waals surface area contributed by atoms with Crippen LogP contribution in [0.2, 0.25) is 0 Å². The Balaban J connectivity index is 1.47. The number of pyridine rings is 1. The molecule has 0 aliphatic carbocycles. The van der Waals surface area contributed by atoms with Gasteiger partial charge in [-0.15, -0.1) is 5.10 Å². The number of aromatic nitrogens is 5. The van der Waals surface area contributed by atoms with Gasteiger partial charge in [0.1, 0.15) is 23.4 Å². The van der Waals surface area contributed by atoms with Gasteiger partial charge in [0.2, 0.25) is 5.91 Å². The van der Waals surface area contributed by atoms with E-state index in [0.717, 1.165) is 35.8 Å². The van der Waals surface area contributed by atoms with Crippen molar-refractivity contribution in [1.82, 2.24) is 30.5 Å². The third kappa shape index (κ3) is 5.20. The topological polar surface area (TPSA) is 107 Å². The van der Waals surface area contributed by atoms with E-state index < -0.39 is 6.04 Å². The second-order valence-electron chi connectivity index (χ2n) is 7.58. The van der Waals surface area contributed by atoms with Gasteiger partial charge in [-0.25, -0.2) is 9.67 Å². The number of anilines is 1. The minimum absolute atomic E-state index is 0.159. The zero-order valence-corrected chi connectivity index (χ0v) is 18.3. The molecule has 1 fully saturated rings. The average molecular weight is 438 g/mol. The largest absolute Gasteiger partial charge is 0.497 e. The molecule has 1 amide bonds. The Kier molecular flexibility index (Phi) is 6.90. The first-order chi connectivity index (χ1) is 15.6. The van der Waals surface area contributed by atoms with E-state index in [2.05, 4.69) is 30.7 Å². The first-order valence-corrected chi connectivity index (χ1v) is 10.6. The Labute approximate surface area is 186 Å². The molecule has 0 saturated carbocycles. The number of amides is 1. The van der Waals surface area contributed by atoms with E-state index in [1.54, 1.807) is 24.9 Å². The molecule has 168 valence electrons. The zero-order chi connectivity index (χ0) is 22.3. The van der Waals surface area contributed by atoms with Crippen molar-refractivity contribution < 1.29 is 14.3 Å². The zero-order valence-electron chi connectivity index (χ0n) is 18.3. The van der Waals surface area contributed by atoms with Gasteiger partial charge < -0.3 is 19.7 Å². The lowest BCUT2D eigenvalue weighted by atomic mass is 10.0. The second kappa shape index (κ2) is 10.2. The van der Waals surface area contributed by atoms with E-state index in [9.17, 15) is 4.79 Å². The molecule has 0 bridgehead atoms. The summed E-state index contributed by atoms with van der Waals surface area (Å²) >= 11 is 0. The molecule has 4 rings (SSSR count). The molecule has 1 aliphatic heterocycles. The van der Waals surface area contributed by atoms with Crippen LogP contribution in [0.3, 0.4) is 0 Å². The van der Waals surface area contributed by atoms with Crippen LogP contribution in [-0.4, -0.2) is 64.5 Å². The average Bonchev–Trinajstić information content (AvgIpc) is 3.27. The van der Waals surface area contributed by atoms with Gasteiger partial charge in [0.05, 0.1) is 20.3 Å². The van der Waals surface area contributed by atoms with E-state index in [1.165, 1.54) is 0 Å². The third-order valence-corrected chi connectivity index (χ3v) is 5.43. The fraction of sp³-hybridized carbons (Fsp3) is 0.409. The standard InChI is InChI=1S/C22H27N7O3/c1-16-25-26-27-29(16)20(13-17-4-3-5-19(12-17)31-2)22(30)24-15-18-6-7-23-21(14-18)28-8-10-32-11-9-28/h3-7,12,14,20H,8-11,13,15H2,1-2H3,(H,24,30). The summed E-state index contributed by atoms with van der Waals surface area (Å²) < 4.78 is 12.3. The smallest absolute Gasteiger partial charge is 0.245 e. The Bertz CT molecular complexity index is 1050. The summed E-state index contributed by atoms with van der Waals surface area (Å²) in [5.74, 6) is 2.05. The Morgan fingerprint density at radius 1 is 1.22 bits per heavy atom. The van der Waals surface area contributed by atoms with Gasteiger partial charge in [-0.3, -0.25) is 4.79 Å².